The fourth-order valence-electron chi connectivity index (χ4n) is 3.40. The molecular formula is C26H20N4OS2. The number of thiophene rings is 1. The van der Waals surface area contributed by atoms with Gasteiger partial charge in [0.1, 0.15) is 0 Å². The normalized spacial score (nSPS) is 11.3. The molecule has 2 aromatic carbocycles. The molecule has 3 aromatic heterocycles. The number of aromatic amines is 1. The van der Waals surface area contributed by atoms with Crippen LogP contribution in [-0.4, -0.2) is 21.1 Å². The highest BCUT2D eigenvalue weighted by Crippen LogP contribution is 2.33. The van der Waals surface area contributed by atoms with Gasteiger partial charge in [-0.25, -0.2) is 0 Å². The van der Waals surface area contributed by atoms with Gasteiger partial charge in [-0.2, -0.15) is 5.10 Å². The number of hydrogen-bond donors (Lipinski definition) is 2. The van der Waals surface area contributed by atoms with E-state index in [4.69, 9.17) is 0 Å². The van der Waals surface area contributed by atoms with E-state index in [9.17, 15) is 4.79 Å². The Balaban J connectivity index is 1.33. The van der Waals surface area contributed by atoms with Crippen molar-refractivity contribution in [3.05, 3.63) is 106 Å². The number of nitrogens with zero attached hydrogens (tertiary/aromatic N) is 2. The lowest BCUT2D eigenvalue weighted by molar-refractivity contribution is 0.0948. The molecule has 5 nitrogen and oxygen atoms in total. The third kappa shape index (κ3) is 5.05. The number of H-pyrrole nitrogens is 1. The van der Waals surface area contributed by atoms with Crippen LogP contribution in [0.15, 0.2) is 94.2 Å². The zero-order chi connectivity index (χ0) is 22.5. The molecule has 0 fully saturated rings. The SMILES string of the molecule is O=C(NCc1cccs1)c1ccccc1Sc1ccc2c(/C=C/c3ccccn3)n[nH]c2c1. The van der Waals surface area contributed by atoms with E-state index >= 15 is 0 Å². The van der Waals surface area contributed by atoms with Gasteiger partial charge < -0.3 is 5.32 Å². The Morgan fingerprint density at radius 1 is 1.03 bits per heavy atom. The molecule has 2 N–H and O–H groups in total. The van der Waals surface area contributed by atoms with Crippen molar-refractivity contribution in [2.75, 3.05) is 0 Å². The lowest BCUT2D eigenvalue weighted by Gasteiger charge is -2.09. The first-order valence-electron chi connectivity index (χ1n) is 10.4. The van der Waals surface area contributed by atoms with E-state index in [1.54, 1.807) is 29.3 Å². The summed E-state index contributed by atoms with van der Waals surface area (Å²) in [4.78, 5) is 20.2. The number of pyridine rings is 1. The monoisotopic (exact) mass is 468 g/mol. The van der Waals surface area contributed by atoms with Crippen LogP contribution in [0.5, 0.6) is 0 Å². The fraction of sp³-hybridized carbons (Fsp3) is 0.0385. The molecule has 162 valence electrons. The Kier molecular flexibility index (Phi) is 6.32. The molecule has 0 spiro atoms. The fourth-order valence-corrected chi connectivity index (χ4v) is 5.02. The van der Waals surface area contributed by atoms with E-state index in [1.807, 2.05) is 72.1 Å². The average Bonchev–Trinajstić information content (AvgIpc) is 3.52. The summed E-state index contributed by atoms with van der Waals surface area (Å²) in [5, 5.41) is 13.6. The van der Waals surface area contributed by atoms with Gasteiger partial charge >= 0.3 is 0 Å². The van der Waals surface area contributed by atoms with Crippen LogP contribution in [0, 0.1) is 0 Å². The molecule has 0 unspecified atom stereocenters. The van der Waals surface area contributed by atoms with Crippen LogP contribution >= 0.6 is 23.1 Å². The van der Waals surface area contributed by atoms with Gasteiger partial charge in [-0.15, -0.1) is 11.3 Å². The molecule has 0 saturated heterocycles. The van der Waals surface area contributed by atoms with Crippen molar-refractivity contribution in [1.82, 2.24) is 20.5 Å². The summed E-state index contributed by atoms with van der Waals surface area (Å²) in [5.74, 6) is -0.0731. The van der Waals surface area contributed by atoms with Gasteiger partial charge in [-0.05, 0) is 66.1 Å². The molecule has 0 saturated carbocycles. The van der Waals surface area contributed by atoms with E-state index in [2.05, 4.69) is 38.7 Å². The third-order valence-electron chi connectivity index (χ3n) is 5.03. The highest BCUT2D eigenvalue weighted by Gasteiger charge is 2.13. The van der Waals surface area contributed by atoms with Gasteiger partial charge in [0.15, 0.2) is 0 Å². The van der Waals surface area contributed by atoms with E-state index in [0.29, 0.717) is 12.1 Å². The number of nitrogens with one attached hydrogen (secondary N) is 2. The summed E-state index contributed by atoms with van der Waals surface area (Å²) in [6, 6.07) is 23.7. The summed E-state index contributed by atoms with van der Waals surface area (Å²) in [6.45, 7) is 0.532. The lowest BCUT2D eigenvalue weighted by Crippen LogP contribution is -2.22. The summed E-state index contributed by atoms with van der Waals surface area (Å²) in [7, 11) is 0. The predicted octanol–water partition coefficient (Wildman–Crippen LogP) is 6.27. The van der Waals surface area contributed by atoms with Crippen molar-refractivity contribution in [2.45, 2.75) is 16.3 Å². The molecule has 0 aliphatic heterocycles. The second kappa shape index (κ2) is 9.85. The highest BCUT2D eigenvalue weighted by atomic mass is 32.2. The first kappa shape index (κ1) is 21.2. The van der Waals surface area contributed by atoms with Crippen LogP contribution in [0.4, 0.5) is 0 Å². The van der Waals surface area contributed by atoms with Gasteiger partial charge in [0.2, 0.25) is 0 Å². The van der Waals surface area contributed by atoms with E-state index in [1.165, 1.54) is 0 Å². The number of aromatic nitrogens is 3. The van der Waals surface area contributed by atoms with Crippen LogP contribution < -0.4 is 5.32 Å². The second-order valence-electron chi connectivity index (χ2n) is 7.26. The molecule has 0 aliphatic rings. The first-order valence-corrected chi connectivity index (χ1v) is 12.1. The Morgan fingerprint density at radius 3 is 2.79 bits per heavy atom. The van der Waals surface area contributed by atoms with E-state index < -0.39 is 0 Å². The average molecular weight is 469 g/mol. The number of rotatable bonds is 7. The lowest BCUT2D eigenvalue weighted by atomic mass is 10.2. The maximum atomic E-state index is 12.8. The molecule has 5 rings (SSSR count). The molecule has 0 bridgehead atoms. The number of fused-ring (bicyclic) bond motifs is 1. The third-order valence-corrected chi connectivity index (χ3v) is 6.97. The molecule has 1 amide bonds. The van der Waals surface area contributed by atoms with Crippen molar-refractivity contribution in [1.29, 1.82) is 0 Å². The van der Waals surface area contributed by atoms with Gasteiger partial charge in [-0.3, -0.25) is 14.9 Å². The molecule has 5 aromatic rings. The van der Waals surface area contributed by atoms with Crippen LogP contribution in [-0.2, 0) is 6.54 Å². The molecule has 0 radical (unpaired) electrons. The van der Waals surface area contributed by atoms with Crippen molar-refractivity contribution in [3.8, 4) is 0 Å². The zero-order valence-corrected chi connectivity index (χ0v) is 19.2. The standard InChI is InChI=1S/C26H20N4OS2/c31-26(28-17-20-7-5-15-32-20)22-8-1-2-9-25(22)33-19-11-12-21-23(29-30-24(21)16-19)13-10-18-6-3-4-14-27-18/h1-16H,17H2,(H,28,31)(H,29,30)/b13-10+. The van der Waals surface area contributed by atoms with Gasteiger partial charge in [0.25, 0.3) is 5.91 Å². The largest absolute Gasteiger partial charge is 0.347 e. The highest BCUT2D eigenvalue weighted by molar-refractivity contribution is 7.99. The van der Waals surface area contributed by atoms with Crippen LogP contribution in [0.3, 0.4) is 0 Å². The van der Waals surface area contributed by atoms with Crippen LogP contribution in [0.25, 0.3) is 23.1 Å². The summed E-state index contributed by atoms with van der Waals surface area (Å²) in [6.07, 6.45) is 5.68. The summed E-state index contributed by atoms with van der Waals surface area (Å²) in [5.41, 5.74) is 3.36. The molecule has 0 atom stereocenters. The number of carbonyl (C=O) groups is 1. The quantitative estimate of drug-likeness (QED) is 0.295. The van der Waals surface area contributed by atoms with Crippen LogP contribution in [0.1, 0.15) is 26.6 Å². The topological polar surface area (TPSA) is 70.7 Å². The smallest absolute Gasteiger partial charge is 0.252 e. The summed E-state index contributed by atoms with van der Waals surface area (Å²) >= 11 is 3.20. The van der Waals surface area contributed by atoms with Crippen LogP contribution in [0.2, 0.25) is 0 Å². The van der Waals surface area contributed by atoms with Gasteiger partial charge in [0.05, 0.1) is 29.0 Å². The Bertz CT molecular complexity index is 1410. The zero-order valence-electron chi connectivity index (χ0n) is 17.6. The predicted molar refractivity (Wildman–Crippen MR) is 135 cm³/mol. The molecular weight excluding hydrogens is 448 g/mol. The second-order valence-corrected chi connectivity index (χ2v) is 9.41. The molecule has 7 heteroatoms. The minimum absolute atomic E-state index is 0.0731. The first-order chi connectivity index (χ1) is 16.3. The maximum Gasteiger partial charge on any atom is 0.252 e. The Hall–Kier alpha value is -3.68. The van der Waals surface area contributed by atoms with E-state index in [-0.39, 0.29) is 5.91 Å². The molecule has 3 heterocycles. The van der Waals surface area contributed by atoms with Crippen molar-refractivity contribution in [3.63, 3.8) is 0 Å². The number of hydrogen-bond acceptors (Lipinski definition) is 5. The van der Waals surface area contributed by atoms with E-state index in [0.717, 1.165) is 37.0 Å². The van der Waals surface area contributed by atoms with Crippen molar-refractivity contribution >= 4 is 52.1 Å². The number of amides is 1. The minimum atomic E-state index is -0.0731. The summed E-state index contributed by atoms with van der Waals surface area (Å²) < 4.78 is 0. The molecule has 33 heavy (non-hydrogen) atoms. The number of benzene rings is 2. The number of carbonyl (C=O) groups excluding carboxylic acids is 1. The minimum Gasteiger partial charge on any atom is -0.347 e. The van der Waals surface area contributed by atoms with Gasteiger partial charge in [-0.1, -0.05) is 36.0 Å². The maximum absolute atomic E-state index is 12.8. The Labute approximate surface area is 199 Å². The Morgan fingerprint density at radius 2 is 1.94 bits per heavy atom. The molecule has 0 aliphatic carbocycles. The van der Waals surface area contributed by atoms with Crippen molar-refractivity contribution in [2.24, 2.45) is 0 Å². The van der Waals surface area contributed by atoms with Gasteiger partial charge in [0, 0.05) is 26.3 Å². The van der Waals surface area contributed by atoms with Crippen molar-refractivity contribution < 1.29 is 4.79 Å².